The molecule has 0 aromatic rings. The van der Waals surface area contributed by atoms with Crippen molar-refractivity contribution in [2.75, 3.05) is 27.2 Å². The maximum Gasteiger partial charge on any atom is 0.281 e. The SMILES string of the molecule is C[N+]1(C)CC(=O)NC(=O)C1. The Labute approximate surface area is 59.4 Å². The van der Waals surface area contributed by atoms with Gasteiger partial charge in [-0.05, 0) is 0 Å². The summed E-state index contributed by atoms with van der Waals surface area (Å²) >= 11 is 0. The molecule has 0 unspecified atom stereocenters. The molecule has 1 fully saturated rings. The Morgan fingerprint density at radius 3 is 1.90 bits per heavy atom. The van der Waals surface area contributed by atoms with Crippen LogP contribution in [0.4, 0.5) is 0 Å². The van der Waals surface area contributed by atoms with Gasteiger partial charge in [0, 0.05) is 0 Å². The largest absolute Gasteiger partial charge is 0.313 e. The van der Waals surface area contributed by atoms with Gasteiger partial charge in [0.1, 0.15) is 0 Å². The first-order valence-corrected chi connectivity index (χ1v) is 3.14. The predicted molar refractivity (Wildman–Crippen MR) is 35.0 cm³/mol. The molecule has 0 aromatic heterocycles. The minimum absolute atomic E-state index is 0.179. The number of imide groups is 1. The number of nitrogens with one attached hydrogen (secondary N) is 1. The fourth-order valence-electron chi connectivity index (χ4n) is 1.07. The lowest BCUT2D eigenvalue weighted by atomic mass is 10.3. The van der Waals surface area contributed by atoms with Crippen molar-refractivity contribution in [1.29, 1.82) is 0 Å². The third-order valence-electron chi connectivity index (χ3n) is 1.42. The van der Waals surface area contributed by atoms with Crippen molar-refractivity contribution in [2.24, 2.45) is 0 Å². The summed E-state index contributed by atoms with van der Waals surface area (Å²) in [6.45, 7) is 0.789. The van der Waals surface area contributed by atoms with Crippen LogP contribution in [0.2, 0.25) is 0 Å². The van der Waals surface area contributed by atoms with Gasteiger partial charge < -0.3 is 4.48 Å². The zero-order chi connectivity index (χ0) is 7.78. The highest BCUT2D eigenvalue weighted by molar-refractivity contribution is 5.97. The van der Waals surface area contributed by atoms with Gasteiger partial charge in [-0.25, -0.2) is 0 Å². The third-order valence-corrected chi connectivity index (χ3v) is 1.42. The summed E-state index contributed by atoms with van der Waals surface area (Å²) in [7, 11) is 3.72. The van der Waals surface area contributed by atoms with Crippen LogP contribution in [0.5, 0.6) is 0 Å². The highest BCUT2D eigenvalue weighted by atomic mass is 16.2. The summed E-state index contributed by atoms with van der Waals surface area (Å²) in [5.74, 6) is -0.359. The number of amides is 2. The molecule has 1 heterocycles. The molecule has 2 amide bonds. The van der Waals surface area contributed by atoms with Crippen molar-refractivity contribution < 1.29 is 14.1 Å². The molecule has 1 rings (SSSR count). The fourth-order valence-corrected chi connectivity index (χ4v) is 1.07. The molecule has 4 heteroatoms. The molecule has 1 saturated heterocycles. The van der Waals surface area contributed by atoms with E-state index in [2.05, 4.69) is 5.32 Å². The second-order valence-electron chi connectivity index (χ2n) is 3.22. The van der Waals surface area contributed by atoms with Gasteiger partial charge in [-0.3, -0.25) is 14.9 Å². The van der Waals surface area contributed by atoms with E-state index >= 15 is 0 Å². The van der Waals surface area contributed by atoms with Crippen molar-refractivity contribution in [3.8, 4) is 0 Å². The lowest BCUT2D eigenvalue weighted by Gasteiger charge is -2.31. The van der Waals surface area contributed by atoms with Crippen LogP contribution in [-0.2, 0) is 9.59 Å². The van der Waals surface area contributed by atoms with Gasteiger partial charge in [-0.2, -0.15) is 0 Å². The van der Waals surface area contributed by atoms with Crippen LogP contribution in [-0.4, -0.2) is 43.5 Å². The molecule has 0 spiro atoms. The average Bonchev–Trinajstić information content (AvgIpc) is 1.54. The van der Waals surface area contributed by atoms with Crippen LogP contribution in [0.25, 0.3) is 0 Å². The number of nitrogens with zero attached hydrogens (tertiary/aromatic N) is 1. The van der Waals surface area contributed by atoms with E-state index in [-0.39, 0.29) is 11.8 Å². The van der Waals surface area contributed by atoms with Gasteiger partial charge in [0.25, 0.3) is 11.8 Å². The number of quaternary nitrogens is 1. The molecule has 1 aliphatic rings. The Kier molecular flexibility index (Phi) is 1.48. The average molecular weight is 143 g/mol. The molecule has 0 aromatic carbocycles. The molecule has 0 aliphatic carbocycles. The minimum Gasteiger partial charge on any atom is -0.313 e. The van der Waals surface area contributed by atoms with E-state index in [0.717, 1.165) is 0 Å². The van der Waals surface area contributed by atoms with Crippen LogP contribution >= 0.6 is 0 Å². The molecule has 0 bridgehead atoms. The first kappa shape index (κ1) is 7.21. The van der Waals surface area contributed by atoms with Gasteiger partial charge in [0.15, 0.2) is 13.1 Å². The molecule has 4 nitrogen and oxygen atoms in total. The summed E-state index contributed by atoms with van der Waals surface area (Å²) in [6, 6.07) is 0. The van der Waals surface area contributed by atoms with E-state index in [1.165, 1.54) is 0 Å². The molecule has 1 aliphatic heterocycles. The summed E-state index contributed by atoms with van der Waals surface area (Å²) in [5, 5.41) is 2.24. The Balaban J connectivity index is 2.68. The third kappa shape index (κ3) is 1.54. The quantitative estimate of drug-likeness (QED) is 0.339. The first-order chi connectivity index (χ1) is 4.49. The van der Waals surface area contributed by atoms with Crippen molar-refractivity contribution in [2.45, 2.75) is 0 Å². The number of likely N-dealkylation sites (N-methyl/N-ethyl adjacent to an activating group) is 1. The Hall–Kier alpha value is -0.900. The molecule has 0 saturated carbocycles. The number of rotatable bonds is 0. The number of piperazine rings is 1. The van der Waals surface area contributed by atoms with Crippen molar-refractivity contribution >= 4 is 11.8 Å². The minimum atomic E-state index is -0.179. The Morgan fingerprint density at radius 1 is 1.20 bits per heavy atom. The smallest absolute Gasteiger partial charge is 0.281 e. The van der Waals surface area contributed by atoms with Crippen molar-refractivity contribution in [3.63, 3.8) is 0 Å². The summed E-state index contributed by atoms with van der Waals surface area (Å²) in [6.07, 6.45) is 0. The zero-order valence-corrected chi connectivity index (χ0v) is 6.18. The number of hydrogen-bond donors (Lipinski definition) is 1. The van der Waals surface area contributed by atoms with E-state index < -0.39 is 0 Å². The number of carbonyl (C=O) groups excluding carboxylic acids is 2. The second-order valence-corrected chi connectivity index (χ2v) is 3.22. The van der Waals surface area contributed by atoms with Gasteiger partial charge in [-0.15, -0.1) is 0 Å². The topological polar surface area (TPSA) is 46.2 Å². The zero-order valence-electron chi connectivity index (χ0n) is 6.18. The second kappa shape index (κ2) is 2.05. The molecule has 10 heavy (non-hydrogen) atoms. The standard InChI is InChI=1S/C6H10N2O2/c1-8(2)3-5(9)7-6(10)4-8/h3-4H2,1-2H3/p+1. The van der Waals surface area contributed by atoms with Gasteiger partial charge in [-0.1, -0.05) is 0 Å². The highest BCUT2D eigenvalue weighted by Gasteiger charge is 2.30. The molecular weight excluding hydrogens is 132 g/mol. The van der Waals surface area contributed by atoms with Crippen molar-refractivity contribution in [1.82, 2.24) is 5.32 Å². The fraction of sp³-hybridized carbons (Fsp3) is 0.667. The van der Waals surface area contributed by atoms with Crippen LogP contribution in [0.15, 0.2) is 0 Å². The maximum atomic E-state index is 10.7. The summed E-state index contributed by atoms with van der Waals surface area (Å²) in [5.41, 5.74) is 0. The van der Waals surface area contributed by atoms with E-state index in [4.69, 9.17) is 0 Å². The molecule has 1 N–H and O–H groups in total. The lowest BCUT2D eigenvalue weighted by Crippen LogP contribution is -2.59. The molecule has 0 atom stereocenters. The van der Waals surface area contributed by atoms with Crippen LogP contribution in [0.1, 0.15) is 0 Å². The number of hydrogen-bond acceptors (Lipinski definition) is 2. The van der Waals surface area contributed by atoms with Gasteiger partial charge >= 0.3 is 0 Å². The molecular formula is C6H11N2O2+. The predicted octanol–water partition coefficient (Wildman–Crippen LogP) is -1.28. The summed E-state index contributed by atoms with van der Waals surface area (Å²) < 4.78 is 0.463. The van der Waals surface area contributed by atoms with E-state index in [1.807, 2.05) is 14.1 Å². The first-order valence-electron chi connectivity index (χ1n) is 3.14. The van der Waals surface area contributed by atoms with E-state index in [9.17, 15) is 9.59 Å². The highest BCUT2D eigenvalue weighted by Crippen LogP contribution is 1.99. The maximum absolute atomic E-state index is 10.7. The molecule has 56 valence electrons. The normalized spacial score (nSPS) is 24.2. The van der Waals surface area contributed by atoms with Gasteiger partial charge in [0.05, 0.1) is 14.1 Å². The monoisotopic (exact) mass is 143 g/mol. The van der Waals surface area contributed by atoms with Gasteiger partial charge in [0.2, 0.25) is 0 Å². The lowest BCUT2D eigenvalue weighted by molar-refractivity contribution is -0.876. The van der Waals surface area contributed by atoms with E-state index in [0.29, 0.717) is 17.6 Å². The van der Waals surface area contributed by atoms with Crippen LogP contribution in [0, 0.1) is 0 Å². The van der Waals surface area contributed by atoms with Crippen LogP contribution in [0.3, 0.4) is 0 Å². The number of carbonyl (C=O) groups is 2. The van der Waals surface area contributed by atoms with E-state index in [1.54, 1.807) is 0 Å². The molecule has 0 radical (unpaired) electrons. The van der Waals surface area contributed by atoms with Crippen LogP contribution < -0.4 is 5.32 Å². The Morgan fingerprint density at radius 2 is 1.60 bits per heavy atom. The van der Waals surface area contributed by atoms with Crippen molar-refractivity contribution in [3.05, 3.63) is 0 Å². The summed E-state index contributed by atoms with van der Waals surface area (Å²) in [4.78, 5) is 21.5. The Bertz CT molecular complexity index is 168.